The maximum Gasteiger partial charge on any atom is 0.0696 e. The molecule has 0 aliphatic heterocycles. The van der Waals surface area contributed by atoms with Gasteiger partial charge in [-0.05, 0) is 13.5 Å². The molecule has 0 heterocycles. The third-order valence-electron chi connectivity index (χ3n) is 1.98. The van der Waals surface area contributed by atoms with Crippen molar-refractivity contribution >= 4 is 7.85 Å². The fourth-order valence-corrected chi connectivity index (χ4v) is 1.31. The standard InChI is InChI=1S/C9H18BNO/c1-5-9(11-3,7-12-4)6-8(2)10/h5,8,11H,1,6-7H2,2-4H3. The van der Waals surface area contributed by atoms with E-state index in [4.69, 9.17) is 12.6 Å². The SMILES string of the molecule is [B]C(C)CC(C=C)(COC)NC. The minimum absolute atomic E-state index is 0.144. The van der Waals surface area contributed by atoms with E-state index >= 15 is 0 Å². The number of likely N-dealkylation sites (N-methyl/N-ethyl adjacent to an activating group) is 1. The van der Waals surface area contributed by atoms with Gasteiger partial charge < -0.3 is 10.1 Å². The van der Waals surface area contributed by atoms with Gasteiger partial charge in [0.25, 0.3) is 0 Å². The van der Waals surface area contributed by atoms with Gasteiger partial charge >= 0.3 is 0 Å². The number of ether oxygens (including phenoxy) is 1. The molecular weight excluding hydrogens is 149 g/mol. The highest BCUT2D eigenvalue weighted by Gasteiger charge is 2.24. The molecule has 0 saturated heterocycles. The zero-order chi connectivity index (χ0) is 9.61. The van der Waals surface area contributed by atoms with Crippen LogP contribution in [0.25, 0.3) is 0 Å². The Morgan fingerprint density at radius 3 is 2.58 bits per heavy atom. The average Bonchev–Trinajstić information content (AvgIpc) is 2.03. The summed E-state index contributed by atoms with van der Waals surface area (Å²) in [7, 11) is 9.29. The number of hydrogen-bond donors (Lipinski definition) is 1. The number of rotatable bonds is 6. The lowest BCUT2D eigenvalue weighted by Gasteiger charge is -2.31. The van der Waals surface area contributed by atoms with Crippen LogP contribution in [0.3, 0.4) is 0 Å². The van der Waals surface area contributed by atoms with Crippen molar-refractivity contribution < 1.29 is 4.74 Å². The minimum Gasteiger partial charge on any atom is -0.382 e. The molecule has 3 heteroatoms. The minimum atomic E-state index is -0.178. The predicted molar refractivity (Wildman–Crippen MR) is 53.7 cm³/mol. The summed E-state index contributed by atoms with van der Waals surface area (Å²) >= 11 is 0. The molecule has 0 aromatic rings. The van der Waals surface area contributed by atoms with Crippen molar-refractivity contribution in [2.75, 3.05) is 20.8 Å². The third kappa shape index (κ3) is 3.41. The van der Waals surface area contributed by atoms with Gasteiger partial charge in [0.1, 0.15) is 0 Å². The molecule has 0 fully saturated rings. The van der Waals surface area contributed by atoms with E-state index in [2.05, 4.69) is 11.9 Å². The fraction of sp³-hybridized carbons (Fsp3) is 0.778. The third-order valence-corrected chi connectivity index (χ3v) is 1.98. The molecule has 0 rings (SSSR count). The molecule has 0 aromatic heterocycles. The van der Waals surface area contributed by atoms with Crippen molar-refractivity contribution in [1.29, 1.82) is 0 Å². The Morgan fingerprint density at radius 2 is 2.33 bits per heavy atom. The van der Waals surface area contributed by atoms with Crippen LogP contribution < -0.4 is 5.32 Å². The Kier molecular flexibility index (Phi) is 5.26. The first-order valence-electron chi connectivity index (χ1n) is 4.17. The summed E-state index contributed by atoms with van der Waals surface area (Å²) in [5.74, 6) is 0.144. The normalized spacial score (nSPS) is 18.2. The number of nitrogens with one attached hydrogen (secondary N) is 1. The van der Waals surface area contributed by atoms with E-state index in [1.807, 2.05) is 20.0 Å². The average molecular weight is 167 g/mol. The molecule has 0 aliphatic carbocycles. The topological polar surface area (TPSA) is 21.3 Å². The van der Waals surface area contributed by atoms with Crippen molar-refractivity contribution in [2.24, 2.45) is 0 Å². The van der Waals surface area contributed by atoms with Gasteiger partial charge in [-0.2, -0.15) is 0 Å². The van der Waals surface area contributed by atoms with E-state index in [0.29, 0.717) is 6.61 Å². The lowest BCUT2D eigenvalue weighted by Crippen LogP contribution is -2.45. The van der Waals surface area contributed by atoms with Crippen molar-refractivity contribution in [3.8, 4) is 0 Å². The van der Waals surface area contributed by atoms with Crippen LogP contribution in [0.5, 0.6) is 0 Å². The first-order chi connectivity index (χ1) is 5.60. The summed E-state index contributed by atoms with van der Waals surface area (Å²) in [6, 6.07) is 0. The highest BCUT2D eigenvalue weighted by atomic mass is 16.5. The van der Waals surface area contributed by atoms with Crippen molar-refractivity contribution in [2.45, 2.75) is 24.7 Å². The van der Waals surface area contributed by atoms with E-state index in [-0.39, 0.29) is 11.4 Å². The highest BCUT2D eigenvalue weighted by Crippen LogP contribution is 2.19. The molecule has 1 N–H and O–H groups in total. The largest absolute Gasteiger partial charge is 0.382 e. The Labute approximate surface area is 76.8 Å². The summed E-state index contributed by atoms with van der Waals surface area (Å²) in [6.45, 7) is 6.36. The molecule has 12 heavy (non-hydrogen) atoms. The molecule has 0 saturated carbocycles. The van der Waals surface area contributed by atoms with E-state index in [0.717, 1.165) is 6.42 Å². The van der Waals surface area contributed by atoms with Crippen LogP contribution in [0.2, 0.25) is 5.82 Å². The summed E-state index contributed by atoms with van der Waals surface area (Å²) in [6.07, 6.45) is 2.70. The summed E-state index contributed by atoms with van der Waals surface area (Å²) in [5, 5.41) is 3.17. The Balaban J connectivity index is 4.23. The van der Waals surface area contributed by atoms with Gasteiger partial charge in [0.05, 0.1) is 20.0 Å². The Bertz CT molecular complexity index is 138. The highest BCUT2D eigenvalue weighted by molar-refractivity contribution is 6.11. The number of methoxy groups -OCH3 is 1. The van der Waals surface area contributed by atoms with Crippen molar-refractivity contribution in [3.05, 3.63) is 12.7 Å². The molecule has 2 atom stereocenters. The predicted octanol–water partition coefficient (Wildman–Crippen LogP) is 1.14. The Morgan fingerprint density at radius 1 is 1.75 bits per heavy atom. The van der Waals surface area contributed by atoms with Gasteiger partial charge in [-0.15, -0.1) is 6.58 Å². The van der Waals surface area contributed by atoms with Crippen molar-refractivity contribution in [3.63, 3.8) is 0 Å². The van der Waals surface area contributed by atoms with E-state index in [1.165, 1.54) is 0 Å². The molecule has 2 radical (unpaired) electrons. The molecule has 0 bridgehead atoms. The van der Waals surface area contributed by atoms with Crippen LogP contribution in [0, 0.1) is 0 Å². The molecule has 0 amide bonds. The molecule has 2 unspecified atom stereocenters. The van der Waals surface area contributed by atoms with Crippen LogP contribution >= 0.6 is 0 Å². The molecule has 0 spiro atoms. The van der Waals surface area contributed by atoms with E-state index in [9.17, 15) is 0 Å². The number of hydrogen-bond acceptors (Lipinski definition) is 2. The first kappa shape index (κ1) is 11.7. The van der Waals surface area contributed by atoms with Crippen LogP contribution in [0.1, 0.15) is 13.3 Å². The second kappa shape index (κ2) is 5.38. The van der Waals surface area contributed by atoms with E-state index in [1.54, 1.807) is 7.11 Å². The van der Waals surface area contributed by atoms with Crippen LogP contribution in [-0.2, 0) is 4.74 Å². The second-order valence-corrected chi connectivity index (χ2v) is 3.22. The summed E-state index contributed by atoms with van der Waals surface area (Å²) < 4.78 is 5.10. The molecule has 68 valence electrons. The first-order valence-corrected chi connectivity index (χ1v) is 4.17. The lowest BCUT2D eigenvalue weighted by atomic mass is 9.78. The smallest absolute Gasteiger partial charge is 0.0696 e. The molecular formula is C9H18BNO. The molecule has 2 nitrogen and oxygen atoms in total. The summed E-state index contributed by atoms with van der Waals surface area (Å²) in [5.41, 5.74) is -0.178. The molecule has 0 aliphatic rings. The van der Waals surface area contributed by atoms with Crippen LogP contribution in [-0.4, -0.2) is 34.1 Å². The quantitative estimate of drug-likeness (QED) is 0.473. The lowest BCUT2D eigenvalue weighted by molar-refractivity contribution is 0.133. The molecule has 0 aromatic carbocycles. The fourth-order valence-electron chi connectivity index (χ4n) is 1.31. The summed E-state index contributed by atoms with van der Waals surface area (Å²) in [4.78, 5) is 0. The van der Waals surface area contributed by atoms with Gasteiger partial charge in [0, 0.05) is 7.11 Å². The van der Waals surface area contributed by atoms with Gasteiger partial charge in [-0.3, -0.25) is 0 Å². The van der Waals surface area contributed by atoms with Crippen LogP contribution in [0.15, 0.2) is 12.7 Å². The van der Waals surface area contributed by atoms with Crippen LogP contribution in [0.4, 0.5) is 0 Å². The maximum atomic E-state index is 5.72. The van der Waals surface area contributed by atoms with Gasteiger partial charge in [0.2, 0.25) is 0 Å². The monoisotopic (exact) mass is 167 g/mol. The van der Waals surface area contributed by atoms with Gasteiger partial charge in [0.15, 0.2) is 0 Å². The van der Waals surface area contributed by atoms with Gasteiger partial charge in [-0.25, -0.2) is 0 Å². The Hall–Kier alpha value is -0.275. The zero-order valence-electron chi connectivity index (χ0n) is 8.26. The van der Waals surface area contributed by atoms with Crippen molar-refractivity contribution in [1.82, 2.24) is 5.32 Å². The zero-order valence-corrected chi connectivity index (χ0v) is 8.26. The maximum absolute atomic E-state index is 5.72. The van der Waals surface area contributed by atoms with Gasteiger partial charge in [-0.1, -0.05) is 18.8 Å². The van der Waals surface area contributed by atoms with E-state index < -0.39 is 0 Å². The second-order valence-electron chi connectivity index (χ2n) is 3.22.